The largest absolute Gasteiger partial charge is 0.508 e. The molecule has 0 saturated carbocycles. The van der Waals surface area contributed by atoms with Crippen molar-refractivity contribution >= 4 is 27.5 Å². The number of phenolic OH excluding ortho intramolecular Hbond substituents is 1. The minimum absolute atomic E-state index is 0.0138. The van der Waals surface area contributed by atoms with Gasteiger partial charge in [0.25, 0.3) is 21.8 Å². The van der Waals surface area contributed by atoms with Gasteiger partial charge in [-0.1, -0.05) is 6.07 Å². The SMILES string of the molecule is CCOc1ccc(S(=O)(=O)Nc2ccc(C(=O)NCCCNC(=O)c3cccc(O)c3)cc2)cc1. The standard InChI is InChI=1S/C25H27N3O6S/c1-2-34-22-11-13-23(14-12-22)35(32,33)28-20-9-7-18(8-10-20)24(30)26-15-4-16-27-25(31)19-5-3-6-21(29)17-19/h3,5-14,17,28-29H,2,4,15-16H2,1H3,(H,26,30)(H,27,31). The Morgan fingerprint density at radius 2 is 1.49 bits per heavy atom. The van der Waals surface area contributed by atoms with Crippen molar-refractivity contribution in [3.05, 3.63) is 83.9 Å². The Balaban J connectivity index is 1.45. The summed E-state index contributed by atoms with van der Waals surface area (Å²) in [6, 6.07) is 18.2. The monoisotopic (exact) mass is 497 g/mol. The molecule has 184 valence electrons. The van der Waals surface area contributed by atoms with Crippen LogP contribution in [0.5, 0.6) is 11.5 Å². The van der Waals surface area contributed by atoms with Gasteiger partial charge in [0.05, 0.1) is 11.5 Å². The summed E-state index contributed by atoms with van der Waals surface area (Å²) < 4.78 is 33.0. The quantitative estimate of drug-likeness (QED) is 0.301. The minimum atomic E-state index is -3.78. The number of anilines is 1. The Morgan fingerprint density at radius 3 is 2.09 bits per heavy atom. The van der Waals surface area contributed by atoms with Gasteiger partial charge < -0.3 is 20.5 Å². The van der Waals surface area contributed by atoms with Crippen molar-refractivity contribution in [1.82, 2.24) is 10.6 Å². The maximum Gasteiger partial charge on any atom is 0.261 e. The number of hydrogen-bond acceptors (Lipinski definition) is 6. The molecule has 0 bridgehead atoms. The van der Waals surface area contributed by atoms with Crippen LogP contribution in [0.1, 0.15) is 34.1 Å². The molecule has 0 radical (unpaired) electrons. The lowest BCUT2D eigenvalue weighted by Gasteiger charge is -2.10. The molecule has 0 atom stereocenters. The maximum atomic E-state index is 12.6. The van der Waals surface area contributed by atoms with E-state index in [0.29, 0.717) is 48.7 Å². The third-order valence-electron chi connectivity index (χ3n) is 4.88. The van der Waals surface area contributed by atoms with E-state index in [0.717, 1.165) is 0 Å². The molecule has 9 nitrogen and oxygen atoms in total. The Bertz CT molecular complexity index is 1260. The van der Waals surface area contributed by atoms with Crippen molar-refractivity contribution in [3.8, 4) is 11.5 Å². The van der Waals surface area contributed by atoms with Crippen molar-refractivity contribution in [1.29, 1.82) is 0 Å². The molecule has 3 aromatic carbocycles. The van der Waals surface area contributed by atoms with Crippen LogP contribution in [0.3, 0.4) is 0 Å². The fourth-order valence-corrected chi connectivity index (χ4v) is 4.19. The summed E-state index contributed by atoms with van der Waals surface area (Å²) in [5.41, 5.74) is 1.05. The number of rotatable bonds is 11. The Morgan fingerprint density at radius 1 is 0.857 bits per heavy atom. The highest BCUT2D eigenvalue weighted by Gasteiger charge is 2.15. The molecular formula is C25H27N3O6S. The normalized spacial score (nSPS) is 10.9. The molecule has 0 aliphatic carbocycles. The Kier molecular flexibility index (Phi) is 8.69. The molecule has 4 N–H and O–H groups in total. The number of carbonyl (C=O) groups is 2. The number of nitrogens with one attached hydrogen (secondary N) is 3. The van der Waals surface area contributed by atoms with Crippen molar-refractivity contribution in [2.24, 2.45) is 0 Å². The number of amides is 2. The van der Waals surface area contributed by atoms with Gasteiger partial charge >= 0.3 is 0 Å². The zero-order valence-electron chi connectivity index (χ0n) is 19.2. The van der Waals surface area contributed by atoms with E-state index in [-0.39, 0.29) is 22.5 Å². The van der Waals surface area contributed by atoms with Crippen LogP contribution >= 0.6 is 0 Å². The van der Waals surface area contributed by atoms with Crippen LogP contribution in [0.15, 0.2) is 77.7 Å². The molecule has 0 unspecified atom stereocenters. The first-order valence-electron chi connectivity index (χ1n) is 11.0. The third-order valence-corrected chi connectivity index (χ3v) is 6.27. The lowest BCUT2D eigenvalue weighted by molar-refractivity contribution is 0.0951. The second kappa shape index (κ2) is 11.9. The topological polar surface area (TPSA) is 134 Å². The Hall–Kier alpha value is -4.05. The van der Waals surface area contributed by atoms with Gasteiger partial charge in [-0.25, -0.2) is 8.42 Å². The highest BCUT2D eigenvalue weighted by atomic mass is 32.2. The van der Waals surface area contributed by atoms with Gasteiger partial charge in [-0.15, -0.1) is 0 Å². The second-order valence-corrected chi connectivity index (χ2v) is 9.19. The van der Waals surface area contributed by atoms with E-state index in [9.17, 15) is 23.1 Å². The fraction of sp³-hybridized carbons (Fsp3) is 0.200. The van der Waals surface area contributed by atoms with Crippen LogP contribution in [0.25, 0.3) is 0 Å². The fourth-order valence-electron chi connectivity index (χ4n) is 3.13. The second-order valence-electron chi connectivity index (χ2n) is 7.50. The van der Waals surface area contributed by atoms with Gasteiger partial charge in [0.1, 0.15) is 11.5 Å². The first kappa shape index (κ1) is 25.6. The van der Waals surface area contributed by atoms with Gasteiger partial charge in [0.15, 0.2) is 0 Å². The number of phenols is 1. The predicted molar refractivity (Wildman–Crippen MR) is 132 cm³/mol. The van der Waals surface area contributed by atoms with Crippen molar-refractivity contribution < 1.29 is 27.9 Å². The molecule has 2 amide bonds. The molecule has 0 spiro atoms. The number of aromatic hydroxyl groups is 1. The summed E-state index contributed by atoms with van der Waals surface area (Å²) in [5, 5.41) is 14.9. The Labute approximate surface area is 204 Å². The number of ether oxygens (including phenoxy) is 1. The number of sulfonamides is 1. The smallest absolute Gasteiger partial charge is 0.261 e. The first-order chi connectivity index (χ1) is 16.8. The molecule has 35 heavy (non-hydrogen) atoms. The molecule has 3 aromatic rings. The van der Waals surface area contributed by atoms with E-state index in [1.807, 2.05) is 6.92 Å². The van der Waals surface area contributed by atoms with Crippen LogP contribution in [0.4, 0.5) is 5.69 Å². The average Bonchev–Trinajstić information content (AvgIpc) is 2.84. The highest BCUT2D eigenvalue weighted by molar-refractivity contribution is 7.92. The summed E-state index contributed by atoms with van der Waals surface area (Å²) in [6.07, 6.45) is 0.510. The maximum absolute atomic E-state index is 12.6. The molecule has 10 heteroatoms. The van der Waals surface area contributed by atoms with E-state index < -0.39 is 10.0 Å². The molecule has 0 saturated heterocycles. The van der Waals surface area contributed by atoms with Crippen LogP contribution < -0.4 is 20.1 Å². The zero-order chi connectivity index (χ0) is 25.3. The van der Waals surface area contributed by atoms with Crippen molar-refractivity contribution in [2.45, 2.75) is 18.2 Å². The third kappa shape index (κ3) is 7.47. The molecule has 0 fully saturated rings. The zero-order valence-corrected chi connectivity index (χ0v) is 20.0. The van der Waals surface area contributed by atoms with Crippen LogP contribution in [-0.4, -0.2) is 45.0 Å². The average molecular weight is 498 g/mol. The van der Waals surface area contributed by atoms with Crippen molar-refractivity contribution in [3.63, 3.8) is 0 Å². The van der Waals surface area contributed by atoms with Crippen LogP contribution in [0.2, 0.25) is 0 Å². The van der Waals surface area contributed by atoms with E-state index in [1.165, 1.54) is 48.5 Å². The predicted octanol–water partition coefficient (Wildman–Crippen LogP) is 3.14. The molecule has 0 heterocycles. The summed E-state index contributed by atoms with van der Waals surface area (Å²) in [5.74, 6) is -0.0266. The summed E-state index contributed by atoms with van der Waals surface area (Å²) in [6.45, 7) is 3.02. The summed E-state index contributed by atoms with van der Waals surface area (Å²) >= 11 is 0. The number of hydrogen-bond donors (Lipinski definition) is 4. The summed E-state index contributed by atoms with van der Waals surface area (Å²) in [4.78, 5) is 24.4. The molecular weight excluding hydrogens is 470 g/mol. The van der Waals surface area contributed by atoms with E-state index in [2.05, 4.69) is 15.4 Å². The lowest BCUT2D eigenvalue weighted by Crippen LogP contribution is -2.29. The van der Waals surface area contributed by atoms with Crippen LogP contribution in [0, 0.1) is 0 Å². The molecule has 3 rings (SSSR count). The molecule has 0 aromatic heterocycles. The van der Waals surface area contributed by atoms with Crippen molar-refractivity contribution in [2.75, 3.05) is 24.4 Å². The van der Waals surface area contributed by atoms with Gasteiger partial charge in [-0.3, -0.25) is 14.3 Å². The molecule has 0 aliphatic rings. The van der Waals surface area contributed by atoms with Gasteiger partial charge in [0.2, 0.25) is 0 Å². The van der Waals surface area contributed by atoms with Crippen LogP contribution in [-0.2, 0) is 10.0 Å². The number of carbonyl (C=O) groups excluding carboxylic acids is 2. The molecule has 0 aliphatic heterocycles. The van der Waals surface area contributed by atoms with Gasteiger partial charge in [-0.2, -0.15) is 0 Å². The minimum Gasteiger partial charge on any atom is -0.508 e. The van der Waals surface area contributed by atoms with E-state index in [4.69, 9.17) is 4.74 Å². The van der Waals surface area contributed by atoms with E-state index >= 15 is 0 Å². The first-order valence-corrected chi connectivity index (χ1v) is 12.5. The van der Waals surface area contributed by atoms with E-state index in [1.54, 1.807) is 24.3 Å². The summed E-state index contributed by atoms with van der Waals surface area (Å²) in [7, 11) is -3.78. The van der Waals surface area contributed by atoms with Gasteiger partial charge in [0, 0.05) is 29.9 Å². The number of benzene rings is 3. The lowest BCUT2D eigenvalue weighted by atomic mass is 10.2. The van der Waals surface area contributed by atoms with Gasteiger partial charge in [-0.05, 0) is 80.1 Å². The highest BCUT2D eigenvalue weighted by Crippen LogP contribution is 2.20.